The van der Waals surface area contributed by atoms with Gasteiger partial charge in [-0.1, -0.05) is 19.1 Å². The van der Waals surface area contributed by atoms with Crippen molar-refractivity contribution in [1.29, 1.82) is 0 Å². The first kappa shape index (κ1) is 14.6. The molecule has 1 aromatic heterocycles. The first-order valence-corrected chi connectivity index (χ1v) is 6.55. The molecule has 0 aliphatic heterocycles. The highest BCUT2D eigenvalue weighted by atomic mass is 19.1. The normalized spacial score (nSPS) is 12.4. The number of methoxy groups -OCH3 is 1. The van der Waals surface area contributed by atoms with Gasteiger partial charge in [-0.2, -0.15) is 0 Å². The molecule has 1 aromatic carbocycles. The number of aryl methyl sites for hydroxylation is 1. The summed E-state index contributed by atoms with van der Waals surface area (Å²) in [6, 6.07) is 8.54. The molecule has 0 spiro atoms. The monoisotopic (exact) mass is 278 g/mol. The topological polar surface area (TPSA) is 60.4 Å². The van der Waals surface area contributed by atoms with Crippen LogP contribution in [0.2, 0.25) is 0 Å². The highest BCUT2D eigenvalue weighted by molar-refractivity contribution is 5.32. The first-order valence-electron chi connectivity index (χ1n) is 6.55. The Morgan fingerprint density at radius 2 is 2.15 bits per heavy atom. The average molecular weight is 278 g/mol. The molecule has 0 saturated heterocycles. The van der Waals surface area contributed by atoms with Crippen LogP contribution in [0.25, 0.3) is 0 Å². The number of furan rings is 1. The lowest BCUT2D eigenvalue weighted by Gasteiger charge is -2.15. The highest BCUT2D eigenvalue weighted by Gasteiger charge is 2.18. The Bertz CT molecular complexity index is 569. The van der Waals surface area contributed by atoms with Crippen molar-refractivity contribution in [1.82, 2.24) is 5.43 Å². The molecule has 0 amide bonds. The third kappa shape index (κ3) is 3.00. The van der Waals surface area contributed by atoms with Gasteiger partial charge in [0.15, 0.2) is 11.6 Å². The molecule has 20 heavy (non-hydrogen) atoms. The predicted octanol–water partition coefficient (Wildman–Crippen LogP) is 2.74. The van der Waals surface area contributed by atoms with Gasteiger partial charge in [-0.05, 0) is 30.2 Å². The fourth-order valence-electron chi connectivity index (χ4n) is 2.10. The van der Waals surface area contributed by atoms with Crippen molar-refractivity contribution in [3.05, 3.63) is 53.2 Å². The van der Waals surface area contributed by atoms with Crippen molar-refractivity contribution in [2.45, 2.75) is 25.8 Å². The Kier molecular flexibility index (Phi) is 4.76. The van der Waals surface area contributed by atoms with Gasteiger partial charge in [-0.3, -0.25) is 5.84 Å². The van der Waals surface area contributed by atoms with Crippen LogP contribution in [0.5, 0.6) is 5.75 Å². The van der Waals surface area contributed by atoms with E-state index in [0.29, 0.717) is 17.7 Å². The molecule has 1 atom stereocenters. The van der Waals surface area contributed by atoms with Gasteiger partial charge >= 0.3 is 0 Å². The number of halogens is 1. The Morgan fingerprint density at radius 3 is 2.75 bits per heavy atom. The SMILES string of the molecule is CCc1ccc(C(Cc2cccc(OC)c2F)NN)o1. The summed E-state index contributed by atoms with van der Waals surface area (Å²) in [5, 5.41) is 0. The summed E-state index contributed by atoms with van der Waals surface area (Å²) in [6.07, 6.45) is 1.20. The van der Waals surface area contributed by atoms with Gasteiger partial charge < -0.3 is 9.15 Å². The molecule has 2 rings (SSSR count). The zero-order valence-electron chi connectivity index (χ0n) is 11.7. The van der Waals surface area contributed by atoms with Crippen LogP contribution in [0.4, 0.5) is 4.39 Å². The van der Waals surface area contributed by atoms with E-state index in [1.807, 2.05) is 19.1 Å². The summed E-state index contributed by atoms with van der Waals surface area (Å²) >= 11 is 0. The van der Waals surface area contributed by atoms with E-state index in [0.717, 1.165) is 12.2 Å². The maximum atomic E-state index is 14.1. The van der Waals surface area contributed by atoms with Crippen LogP contribution >= 0.6 is 0 Å². The fraction of sp³-hybridized carbons (Fsp3) is 0.333. The second-order valence-electron chi connectivity index (χ2n) is 4.51. The average Bonchev–Trinajstić information content (AvgIpc) is 2.95. The van der Waals surface area contributed by atoms with Crippen LogP contribution in [0.3, 0.4) is 0 Å². The Morgan fingerprint density at radius 1 is 1.35 bits per heavy atom. The minimum Gasteiger partial charge on any atom is -0.494 e. The van der Waals surface area contributed by atoms with E-state index >= 15 is 0 Å². The first-order chi connectivity index (χ1) is 9.69. The molecular weight excluding hydrogens is 259 g/mol. The predicted molar refractivity (Wildman–Crippen MR) is 74.8 cm³/mol. The van der Waals surface area contributed by atoms with Crippen LogP contribution in [-0.2, 0) is 12.8 Å². The molecule has 0 radical (unpaired) electrons. The van der Waals surface area contributed by atoms with E-state index in [1.54, 1.807) is 18.2 Å². The van der Waals surface area contributed by atoms with Crippen LogP contribution in [0.15, 0.2) is 34.7 Å². The largest absolute Gasteiger partial charge is 0.494 e. The van der Waals surface area contributed by atoms with E-state index in [2.05, 4.69) is 5.43 Å². The molecular formula is C15H19FN2O2. The van der Waals surface area contributed by atoms with E-state index in [4.69, 9.17) is 15.0 Å². The zero-order valence-corrected chi connectivity index (χ0v) is 11.7. The standard InChI is InChI=1S/C15H19FN2O2/c1-3-11-7-8-13(20-11)12(18-17)9-10-5-4-6-14(19-2)15(10)16/h4-8,12,18H,3,9,17H2,1-2H3. The molecule has 0 fully saturated rings. The van der Waals surface area contributed by atoms with Gasteiger partial charge in [-0.25, -0.2) is 9.82 Å². The van der Waals surface area contributed by atoms with Crippen molar-refractivity contribution in [3.63, 3.8) is 0 Å². The van der Waals surface area contributed by atoms with Gasteiger partial charge in [0.2, 0.25) is 0 Å². The van der Waals surface area contributed by atoms with Crippen molar-refractivity contribution in [2.75, 3.05) is 7.11 Å². The van der Waals surface area contributed by atoms with Gasteiger partial charge in [-0.15, -0.1) is 0 Å². The van der Waals surface area contributed by atoms with E-state index < -0.39 is 0 Å². The van der Waals surface area contributed by atoms with E-state index in [9.17, 15) is 4.39 Å². The van der Waals surface area contributed by atoms with Gasteiger partial charge in [0.05, 0.1) is 13.2 Å². The molecule has 1 heterocycles. The van der Waals surface area contributed by atoms with Crippen molar-refractivity contribution in [3.8, 4) is 5.75 Å². The summed E-state index contributed by atoms with van der Waals surface area (Å²) < 4.78 is 24.8. The lowest BCUT2D eigenvalue weighted by atomic mass is 10.0. The van der Waals surface area contributed by atoms with Crippen molar-refractivity contribution >= 4 is 0 Å². The maximum absolute atomic E-state index is 14.1. The fourth-order valence-corrected chi connectivity index (χ4v) is 2.10. The summed E-state index contributed by atoms with van der Waals surface area (Å²) in [4.78, 5) is 0. The molecule has 0 bridgehead atoms. The molecule has 108 valence electrons. The molecule has 1 unspecified atom stereocenters. The number of hydrazine groups is 1. The molecule has 0 aliphatic rings. The van der Waals surface area contributed by atoms with Crippen molar-refractivity contribution in [2.24, 2.45) is 5.84 Å². The lowest BCUT2D eigenvalue weighted by molar-refractivity contribution is 0.374. The highest BCUT2D eigenvalue weighted by Crippen LogP contribution is 2.26. The van der Waals surface area contributed by atoms with Crippen LogP contribution in [-0.4, -0.2) is 7.11 Å². The number of nitrogens with one attached hydrogen (secondary N) is 1. The van der Waals surface area contributed by atoms with Crippen molar-refractivity contribution < 1.29 is 13.5 Å². The van der Waals surface area contributed by atoms with E-state index in [-0.39, 0.29) is 17.6 Å². The molecule has 0 saturated carbocycles. The number of hydrogen-bond acceptors (Lipinski definition) is 4. The number of benzene rings is 1. The van der Waals surface area contributed by atoms with Gasteiger partial charge in [0, 0.05) is 6.42 Å². The summed E-state index contributed by atoms with van der Waals surface area (Å²) in [5.41, 5.74) is 3.20. The minimum absolute atomic E-state index is 0.229. The van der Waals surface area contributed by atoms with E-state index in [1.165, 1.54) is 7.11 Å². The van der Waals surface area contributed by atoms with Crippen LogP contribution in [0.1, 0.15) is 30.0 Å². The zero-order chi connectivity index (χ0) is 14.5. The molecule has 2 aromatic rings. The smallest absolute Gasteiger partial charge is 0.168 e. The molecule has 3 N–H and O–H groups in total. The molecule has 4 nitrogen and oxygen atoms in total. The van der Waals surface area contributed by atoms with Crippen LogP contribution < -0.4 is 16.0 Å². The third-order valence-electron chi connectivity index (χ3n) is 3.26. The third-order valence-corrected chi connectivity index (χ3v) is 3.26. The maximum Gasteiger partial charge on any atom is 0.168 e. The van der Waals surface area contributed by atoms with Crippen LogP contribution in [0, 0.1) is 5.82 Å². The second-order valence-corrected chi connectivity index (χ2v) is 4.51. The number of rotatable bonds is 6. The summed E-state index contributed by atoms with van der Waals surface area (Å²) in [5.74, 6) is 7.01. The Hall–Kier alpha value is -1.85. The Labute approximate surface area is 117 Å². The number of nitrogens with two attached hydrogens (primary N) is 1. The lowest BCUT2D eigenvalue weighted by Crippen LogP contribution is -2.29. The van der Waals surface area contributed by atoms with Gasteiger partial charge in [0.25, 0.3) is 0 Å². The summed E-state index contributed by atoms with van der Waals surface area (Å²) in [6.45, 7) is 2.01. The number of hydrogen-bond donors (Lipinski definition) is 2. The van der Waals surface area contributed by atoms with Gasteiger partial charge in [0.1, 0.15) is 11.5 Å². The molecule has 5 heteroatoms. The Balaban J connectivity index is 2.22. The number of ether oxygens (including phenoxy) is 1. The second kappa shape index (κ2) is 6.54. The molecule has 0 aliphatic carbocycles. The minimum atomic E-state index is -0.363. The summed E-state index contributed by atoms with van der Waals surface area (Å²) in [7, 11) is 1.45. The quantitative estimate of drug-likeness (QED) is 0.630.